The maximum absolute atomic E-state index is 5.10. The minimum atomic E-state index is 0.220. The molecule has 0 aliphatic carbocycles. The maximum Gasteiger partial charge on any atom is 0.0470 e. The number of rotatable bonds is 4. The van der Waals surface area contributed by atoms with E-state index < -0.39 is 0 Å². The van der Waals surface area contributed by atoms with E-state index in [-0.39, 0.29) is 5.41 Å². The van der Waals surface area contributed by atoms with Gasteiger partial charge in [-0.15, -0.1) is 0 Å². The van der Waals surface area contributed by atoms with Crippen LogP contribution in [0.15, 0.2) is 30.3 Å². The SMILES string of the molecule is COCCC(C)(C)c1ccccc1. The molecule has 72 valence electrons. The van der Waals surface area contributed by atoms with Crippen molar-refractivity contribution >= 4 is 0 Å². The lowest BCUT2D eigenvalue weighted by Crippen LogP contribution is -2.19. The van der Waals surface area contributed by atoms with E-state index in [0.717, 1.165) is 13.0 Å². The summed E-state index contributed by atoms with van der Waals surface area (Å²) in [4.78, 5) is 0. The first-order chi connectivity index (χ1) is 6.17. The Morgan fingerprint density at radius 2 is 1.77 bits per heavy atom. The first-order valence-electron chi connectivity index (χ1n) is 4.71. The monoisotopic (exact) mass is 178 g/mol. The average Bonchev–Trinajstić information content (AvgIpc) is 2.16. The van der Waals surface area contributed by atoms with Gasteiger partial charge in [0, 0.05) is 13.7 Å². The van der Waals surface area contributed by atoms with Crippen molar-refractivity contribution in [3.63, 3.8) is 0 Å². The van der Waals surface area contributed by atoms with Crippen molar-refractivity contribution in [3.05, 3.63) is 35.9 Å². The second kappa shape index (κ2) is 4.43. The van der Waals surface area contributed by atoms with Gasteiger partial charge in [0.05, 0.1) is 0 Å². The average molecular weight is 178 g/mol. The van der Waals surface area contributed by atoms with Crippen LogP contribution in [0.4, 0.5) is 0 Å². The van der Waals surface area contributed by atoms with E-state index >= 15 is 0 Å². The van der Waals surface area contributed by atoms with Crippen LogP contribution in [0.25, 0.3) is 0 Å². The highest BCUT2D eigenvalue weighted by Gasteiger charge is 2.19. The Morgan fingerprint density at radius 3 is 2.31 bits per heavy atom. The van der Waals surface area contributed by atoms with Crippen molar-refractivity contribution in [3.8, 4) is 0 Å². The predicted molar refractivity (Wildman–Crippen MR) is 56.0 cm³/mol. The van der Waals surface area contributed by atoms with E-state index in [2.05, 4.69) is 44.2 Å². The molecule has 0 atom stereocenters. The van der Waals surface area contributed by atoms with Crippen LogP contribution in [0.1, 0.15) is 25.8 Å². The molecule has 1 rings (SSSR count). The van der Waals surface area contributed by atoms with Gasteiger partial charge in [-0.2, -0.15) is 0 Å². The highest BCUT2D eigenvalue weighted by molar-refractivity contribution is 5.23. The Labute approximate surface area is 80.7 Å². The Hall–Kier alpha value is -0.820. The van der Waals surface area contributed by atoms with Crippen LogP contribution < -0.4 is 0 Å². The molecule has 0 aliphatic rings. The van der Waals surface area contributed by atoms with Crippen molar-refractivity contribution in [2.45, 2.75) is 25.7 Å². The van der Waals surface area contributed by atoms with Gasteiger partial charge >= 0.3 is 0 Å². The molecule has 0 unspecified atom stereocenters. The summed E-state index contributed by atoms with van der Waals surface area (Å²) in [5, 5.41) is 0. The number of benzene rings is 1. The van der Waals surface area contributed by atoms with E-state index in [1.807, 2.05) is 0 Å². The molecule has 1 nitrogen and oxygen atoms in total. The lowest BCUT2D eigenvalue weighted by molar-refractivity contribution is 0.174. The van der Waals surface area contributed by atoms with Gasteiger partial charge in [-0.05, 0) is 17.4 Å². The van der Waals surface area contributed by atoms with Gasteiger partial charge in [-0.3, -0.25) is 0 Å². The Morgan fingerprint density at radius 1 is 1.15 bits per heavy atom. The topological polar surface area (TPSA) is 9.23 Å². The van der Waals surface area contributed by atoms with Crippen LogP contribution in [-0.4, -0.2) is 13.7 Å². The van der Waals surface area contributed by atoms with Crippen molar-refractivity contribution in [1.82, 2.24) is 0 Å². The number of hydrogen-bond donors (Lipinski definition) is 0. The molecular formula is C12H18O. The first-order valence-corrected chi connectivity index (χ1v) is 4.71. The quantitative estimate of drug-likeness (QED) is 0.688. The Kier molecular flexibility index (Phi) is 3.49. The fourth-order valence-corrected chi connectivity index (χ4v) is 1.39. The fourth-order valence-electron chi connectivity index (χ4n) is 1.39. The van der Waals surface area contributed by atoms with E-state index in [4.69, 9.17) is 4.74 Å². The molecule has 1 heteroatoms. The summed E-state index contributed by atoms with van der Waals surface area (Å²) in [6, 6.07) is 10.6. The van der Waals surface area contributed by atoms with Crippen LogP contribution in [0.3, 0.4) is 0 Å². The van der Waals surface area contributed by atoms with Crippen molar-refractivity contribution in [2.24, 2.45) is 0 Å². The van der Waals surface area contributed by atoms with Gasteiger partial charge in [0.1, 0.15) is 0 Å². The smallest absolute Gasteiger partial charge is 0.0470 e. The highest BCUT2D eigenvalue weighted by Crippen LogP contribution is 2.26. The molecule has 0 spiro atoms. The largest absolute Gasteiger partial charge is 0.385 e. The zero-order chi connectivity index (χ0) is 9.73. The Bertz CT molecular complexity index is 239. The summed E-state index contributed by atoms with van der Waals surface area (Å²) in [7, 11) is 1.75. The standard InChI is InChI=1S/C12H18O/c1-12(2,9-10-13-3)11-7-5-4-6-8-11/h4-8H,9-10H2,1-3H3. The summed E-state index contributed by atoms with van der Waals surface area (Å²) in [5.74, 6) is 0. The normalized spacial score (nSPS) is 11.6. The third-order valence-corrected chi connectivity index (χ3v) is 2.49. The highest BCUT2D eigenvalue weighted by atomic mass is 16.5. The molecule has 1 aromatic rings. The molecule has 0 fully saturated rings. The predicted octanol–water partition coefficient (Wildman–Crippen LogP) is 3.00. The van der Waals surface area contributed by atoms with Crippen LogP contribution in [0.5, 0.6) is 0 Å². The summed E-state index contributed by atoms with van der Waals surface area (Å²) >= 11 is 0. The van der Waals surface area contributed by atoms with E-state index in [0.29, 0.717) is 0 Å². The van der Waals surface area contributed by atoms with Crippen molar-refractivity contribution in [1.29, 1.82) is 0 Å². The number of ether oxygens (including phenoxy) is 1. The molecule has 0 aromatic heterocycles. The molecule has 0 radical (unpaired) electrons. The minimum Gasteiger partial charge on any atom is -0.385 e. The van der Waals surface area contributed by atoms with Gasteiger partial charge in [0.15, 0.2) is 0 Å². The summed E-state index contributed by atoms with van der Waals surface area (Å²) < 4.78 is 5.10. The van der Waals surface area contributed by atoms with Crippen LogP contribution >= 0.6 is 0 Å². The third kappa shape index (κ3) is 2.85. The molecule has 0 aliphatic heterocycles. The molecule has 0 N–H and O–H groups in total. The van der Waals surface area contributed by atoms with Crippen molar-refractivity contribution in [2.75, 3.05) is 13.7 Å². The molecule has 0 heterocycles. The van der Waals surface area contributed by atoms with Crippen LogP contribution in [-0.2, 0) is 10.2 Å². The third-order valence-electron chi connectivity index (χ3n) is 2.49. The van der Waals surface area contributed by atoms with Gasteiger partial charge < -0.3 is 4.74 Å². The van der Waals surface area contributed by atoms with E-state index in [1.54, 1.807) is 7.11 Å². The maximum atomic E-state index is 5.10. The van der Waals surface area contributed by atoms with Gasteiger partial charge in [0.25, 0.3) is 0 Å². The molecule has 0 bridgehead atoms. The van der Waals surface area contributed by atoms with Crippen molar-refractivity contribution < 1.29 is 4.74 Å². The molecular weight excluding hydrogens is 160 g/mol. The molecule has 0 amide bonds. The second-order valence-electron chi connectivity index (χ2n) is 3.99. The van der Waals surface area contributed by atoms with E-state index in [1.165, 1.54) is 5.56 Å². The van der Waals surface area contributed by atoms with Gasteiger partial charge in [-0.1, -0.05) is 44.2 Å². The number of hydrogen-bond acceptors (Lipinski definition) is 1. The fraction of sp³-hybridized carbons (Fsp3) is 0.500. The van der Waals surface area contributed by atoms with Gasteiger partial charge in [0.2, 0.25) is 0 Å². The van der Waals surface area contributed by atoms with E-state index in [9.17, 15) is 0 Å². The lowest BCUT2D eigenvalue weighted by atomic mass is 9.82. The zero-order valence-electron chi connectivity index (χ0n) is 8.71. The Balaban J connectivity index is 2.69. The second-order valence-corrected chi connectivity index (χ2v) is 3.99. The zero-order valence-corrected chi connectivity index (χ0v) is 8.71. The molecule has 0 saturated heterocycles. The molecule has 13 heavy (non-hydrogen) atoms. The summed E-state index contributed by atoms with van der Waals surface area (Å²) in [6.45, 7) is 5.32. The van der Waals surface area contributed by atoms with Crippen LogP contribution in [0, 0.1) is 0 Å². The first kappa shape index (κ1) is 10.3. The molecule has 1 aromatic carbocycles. The lowest BCUT2D eigenvalue weighted by Gasteiger charge is -2.24. The van der Waals surface area contributed by atoms with Crippen LogP contribution in [0.2, 0.25) is 0 Å². The van der Waals surface area contributed by atoms with Gasteiger partial charge in [-0.25, -0.2) is 0 Å². The minimum absolute atomic E-state index is 0.220. The number of methoxy groups -OCH3 is 1. The summed E-state index contributed by atoms with van der Waals surface area (Å²) in [6.07, 6.45) is 1.06. The summed E-state index contributed by atoms with van der Waals surface area (Å²) in [5.41, 5.74) is 1.60. The molecule has 0 saturated carbocycles.